The van der Waals surface area contributed by atoms with Crippen LogP contribution in [0.2, 0.25) is 0 Å². The topological polar surface area (TPSA) is 113 Å². The molecule has 1 saturated heterocycles. The van der Waals surface area contributed by atoms with E-state index in [-0.39, 0.29) is 11.8 Å². The molecular weight excluding hydrogens is 380 g/mol. The lowest BCUT2D eigenvalue weighted by molar-refractivity contribution is -0.120. The van der Waals surface area contributed by atoms with Crippen LogP contribution < -0.4 is 10.2 Å². The smallest absolute Gasteiger partial charge is 0.228 e. The zero-order chi connectivity index (χ0) is 21.1. The van der Waals surface area contributed by atoms with Gasteiger partial charge in [0.1, 0.15) is 11.6 Å². The quantitative estimate of drug-likeness (QED) is 0.713. The Morgan fingerprint density at radius 1 is 1.20 bits per heavy atom. The van der Waals surface area contributed by atoms with E-state index < -0.39 is 0 Å². The zero-order valence-corrected chi connectivity index (χ0v) is 16.9. The maximum absolute atomic E-state index is 12.9. The number of carbonyl (C=O) groups excluding carboxylic acids is 1. The minimum atomic E-state index is -0.161. The Kier molecular flexibility index (Phi) is 5.39. The maximum Gasteiger partial charge on any atom is 0.228 e. The highest BCUT2D eigenvalue weighted by atomic mass is 16.2. The second-order valence-corrected chi connectivity index (χ2v) is 7.32. The summed E-state index contributed by atoms with van der Waals surface area (Å²) in [6.07, 6.45) is 4.44. The number of pyridine rings is 1. The molecule has 4 rings (SSSR count). The average Bonchev–Trinajstić information content (AvgIpc) is 3.16. The molecule has 1 amide bonds. The van der Waals surface area contributed by atoms with Crippen molar-refractivity contribution in [2.24, 2.45) is 5.92 Å². The molecule has 1 fully saturated rings. The van der Waals surface area contributed by atoms with E-state index in [1.54, 1.807) is 18.3 Å². The summed E-state index contributed by atoms with van der Waals surface area (Å²) in [7, 11) is 0. The van der Waals surface area contributed by atoms with Crippen molar-refractivity contribution < 1.29 is 4.79 Å². The van der Waals surface area contributed by atoms with Gasteiger partial charge in [-0.15, -0.1) is 0 Å². The molecule has 0 aliphatic carbocycles. The molecule has 3 aromatic rings. The summed E-state index contributed by atoms with van der Waals surface area (Å²) in [5.41, 5.74) is 2.17. The fraction of sp³-hybridized carbons (Fsp3) is 0.333. The van der Waals surface area contributed by atoms with Gasteiger partial charge in [0.05, 0.1) is 6.20 Å². The van der Waals surface area contributed by atoms with Crippen molar-refractivity contribution in [3.8, 4) is 11.9 Å². The van der Waals surface area contributed by atoms with Crippen molar-refractivity contribution in [2.45, 2.75) is 26.7 Å². The van der Waals surface area contributed by atoms with Crippen LogP contribution in [0.5, 0.6) is 0 Å². The van der Waals surface area contributed by atoms with Crippen LogP contribution in [-0.2, 0) is 4.79 Å². The largest absolute Gasteiger partial charge is 0.341 e. The molecule has 1 N–H and O–H groups in total. The third-order valence-electron chi connectivity index (χ3n) is 5.12. The van der Waals surface area contributed by atoms with Crippen molar-refractivity contribution in [1.29, 1.82) is 5.26 Å². The summed E-state index contributed by atoms with van der Waals surface area (Å²) < 4.78 is 1.48. The molecule has 1 aliphatic heterocycles. The van der Waals surface area contributed by atoms with Crippen LogP contribution in [0.4, 0.5) is 11.8 Å². The van der Waals surface area contributed by atoms with Gasteiger partial charge in [0.25, 0.3) is 0 Å². The molecule has 4 heterocycles. The number of nitriles is 1. The van der Waals surface area contributed by atoms with Crippen molar-refractivity contribution in [3.63, 3.8) is 0 Å². The summed E-state index contributed by atoms with van der Waals surface area (Å²) in [5, 5.41) is 16.5. The molecule has 0 unspecified atom stereocenters. The van der Waals surface area contributed by atoms with E-state index in [2.05, 4.69) is 36.3 Å². The fourth-order valence-corrected chi connectivity index (χ4v) is 3.61. The van der Waals surface area contributed by atoms with Gasteiger partial charge in [0, 0.05) is 36.6 Å². The van der Waals surface area contributed by atoms with Crippen molar-refractivity contribution in [3.05, 3.63) is 53.6 Å². The first kappa shape index (κ1) is 19.5. The van der Waals surface area contributed by atoms with Crippen molar-refractivity contribution in [1.82, 2.24) is 24.7 Å². The molecule has 0 spiro atoms. The number of carbonyl (C=O) groups is 1. The minimum Gasteiger partial charge on any atom is -0.341 e. The SMILES string of the molecule is Cc1cc(C)nc(N2CCC(C(=O)Nc3c(C#N)cnn3-c3ccccn3)CC2)n1. The van der Waals surface area contributed by atoms with Crippen LogP contribution in [0.15, 0.2) is 36.7 Å². The normalized spacial score (nSPS) is 14.4. The summed E-state index contributed by atoms with van der Waals surface area (Å²) in [6.45, 7) is 5.31. The standard InChI is InChI=1S/C21H22N8O/c1-14-11-15(2)26-21(25-14)28-9-6-16(7-10-28)20(30)27-19-17(12-22)13-24-29(19)18-5-3-4-8-23-18/h3-5,8,11,13,16H,6-7,9-10H2,1-2H3,(H,27,30). The number of nitrogens with zero attached hydrogens (tertiary/aromatic N) is 7. The predicted molar refractivity (Wildman–Crippen MR) is 111 cm³/mol. The molecule has 1 aliphatic rings. The highest BCUT2D eigenvalue weighted by Gasteiger charge is 2.28. The predicted octanol–water partition coefficient (Wildman–Crippen LogP) is 2.40. The van der Waals surface area contributed by atoms with Crippen LogP contribution in [0.25, 0.3) is 5.82 Å². The number of hydrogen-bond acceptors (Lipinski definition) is 7. The number of anilines is 2. The number of aryl methyl sites for hydroxylation is 2. The first-order valence-electron chi connectivity index (χ1n) is 9.83. The van der Waals surface area contributed by atoms with Crippen LogP contribution in [0, 0.1) is 31.1 Å². The van der Waals surface area contributed by atoms with Crippen LogP contribution >= 0.6 is 0 Å². The number of aromatic nitrogens is 5. The number of rotatable bonds is 4. The number of hydrogen-bond donors (Lipinski definition) is 1. The van der Waals surface area contributed by atoms with E-state index in [1.165, 1.54) is 10.9 Å². The monoisotopic (exact) mass is 402 g/mol. The molecule has 3 aromatic heterocycles. The Labute approximate surface area is 174 Å². The molecule has 9 heteroatoms. The number of nitrogens with one attached hydrogen (secondary N) is 1. The molecule has 0 aromatic carbocycles. The molecule has 0 radical (unpaired) electrons. The van der Waals surface area contributed by atoms with Crippen LogP contribution in [-0.4, -0.2) is 43.7 Å². The Hall–Kier alpha value is -3.80. The average molecular weight is 402 g/mol. The highest BCUT2D eigenvalue weighted by Crippen LogP contribution is 2.24. The van der Waals surface area contributed by atoms with E-state index in [0.29, 0.717) is 49.1 Å². The van der Waals surface area contributed by atoms with Gasteiger partial charge >= 0.3 is 0 Å². The first-order valence-corrected chi connectivity index (χ1v) is 9.83. The Morgan fingerprint density at radius 3 is 2.57 bits per heavy atom. The van der Waals surface area contributed by atoms with Gasteiger partial charge in [-0.05, 0) is 44.9 Å². The third kappa shape index (κ3) is 3.98. The van der Waals surface area contributed by atoms with Crippen molar-refractivity contribution in [2.75, 3.05) is 23.3 Å². The van der Waals surface area contributed by atoms with Crippen LogP contribution in [0.3, 0.4) is 0 Å². The minimum absolute atomic E-state index is 0.120. The Balaban J connectivity index is 1.46. The first-order chi connectivity index (χ1) is 14.5. The Bertz CT molecular complexity index is 1070. The van der Waals surface area contributed by atoms with Gasteiger partial charge in [-0.1, -0.05) is 6.07 Å². The van der Waals surface area contributed by atoms with E-state index in [9.17, 15) is 10.1 Å². The Morgan fingerprint density at radius 2 is 1.93 bits per heavy atom. The summed E-state index contributed by atoms with van der Waals surface area (Å²) >= 11 is 0. The summed E-state index contributed by atoms with van der Waals surface area (Å²) in [4.78, 5) is 28.3. The van der Waals surface area contributed by atoms with Gasteiger partial charge in [-0.2, -0.15) is 15.0 Å². The molecule has 9 nitrogen and oxygen atoms in total. The van der Waals surface area contributed by atoms with Gasteiger partial charge in [-0.3, -0.25) is 4.79 Å². The van der Waals surface area contributed by atoms with Gasteiger partial charge in [-0.25, -0.2) is 15.0 Å². The van der Waals surface area contributed by atoms with E-state index in [1.807, 2.05) is 26.0 Å². The van der Waals surface area contributed by atoms with Gasteiger partial charge in [0.2, 0.25) is 11.9 Å². The highest BCUT2D eigenvalue weighted by molar-refractivity contribution is 5.93. The molecule has 0 bridgehead atoms. The fourth-order valence-electron chi connectivity index (χ4n) is 3.61. The second-order valence-electron chi connectivity index (χ2n) is 7.32. The number of piperidine rings is 1. The van der Waals surface area contributed by atoms with Gasteiger partial charge in [0.15, 0.2) is 11.6 Å². The van der Waals surface area contributed by atoms with Crippen molar-refractivity contribution >= 4 is 17.7 Å². The molecular formula is C21H22N8O. The van der Waals surface area contributed by atoms with E-state index >= 15 is 0 Å². The maximum atomic E-state index is 12.9. The van der Waals surface area contributed by atoms with Crippen LogP contribution in [0.1, 0.15) is 29.8 Å². The zero-order valence-electron chi connectivity index (χ0n) is 16.9. The van der Waals surface area contributed by atoms with E-state index in [4.69, 9.17) is 0 Å². The second kappa shape index (κ2) is 8.29. The molecule has 152 valence electrons. The lowest BCUT2D eigenvalue weighted by Gasteiger charge is -2.31. The lowest BCUT2D eigenvalue weighted by Crippen LogP contribution is -2.39. The van der Waals surface area contributed by atoms with E-state index in [0.717, 1.165) is 11.4 Å². The third-order valence-corrected chi connectivity index (χ3v) is 5.12. The summed E-state index contributed by atoms with van der Waals surface area (Å²) in [5.74, 6) is 1.32. The molecule has 0 atom stereocenters. The molecule has 0 saturated carbocycles. The van der Waals surface area contributed by atoms with Gasteiger partial charge < -0.3 is 10.2 Å². The number of amides is 1. The lowest BCUT2D eigenvalue weighted by atomic mass is 9.96. The molecule has 30 heavy (non-hydrogen) atoms. The summed E-state index contributed by atoms with van der Waals surface area (Å²) in [6, 6.07) is 9.42.